The number of aromatic nitrogens is 2. The number of ether oxygens (including phenoxy) is 2. The molecule has 1 unspecified atom stereocenters. The number of hydrogen-bond acceptors (Lipinski definition) is 3. The van der Waals surface area contributed by atoms with Crippen molar-refractivity contribution < 1.29 is 9.47 Å². The third-order valence-corrected chi connectivity index (χ3v) is 4.24. The van der Waals surface area contributed by atoms with E-state index in [1.54, 1.807) is 7.11 Å². The quantitative estimate of drug-likeness (QED) is 0.885. The normalized spacial score (nSPS) is 23.3. The zero-order valence-corrected chi connectivity index (χ0v) is 12.2. The second kappa shape index (κ2) is 4.90. The van der Waals surface area contributed by atoms with Crippen molar-refractivity contribution in [3.05, 3.63) is 28.0 Å². The van der Waals surface area contributed by atoms with Crippen molar-refractivity contribution in [3.63, 3.8) is 0 Å². The lowest BCUT2D eigenvalue weighted by atomic mass is 10.0. The largest absolute Gasteiger partial charge is 0.378 e. The molecule has 0 radical (unpaired) electrons. The first kappa shape index (κ1) is 13.1. The molecular weight excluding hydrogens is 284 g/mol. The highest BCUT2D eigenvalue weighted by Crippen LogP contribution is 2.27. The molecule has 6 heteroatoms. The van der Waals surface area contributed by atoms with Crippen LogP contribution in [0.5, 0.6) is 0 Å². The van der Waals surface area contributed by atoms with Gasteiger partial charge in [-0.05, 0) is 30.4 Å². The van der Waals surface area contributed by atoms with Crippen LogP contribution >= 0.6 is 23.8 Å². The van der Waals surface area contributed by atoms with Crippen molar-refractivity contribution in [3.8, 4) is 0 Å². The maximum absolute atomic E-state index is 6.07. The van der Waals surface area contributed by atoms with Crippen LogP contribution in [0.3, 0.4) is 0 Å². The van der Waals surface area contributed by atoms with Crippen LogP contribution in [0, 0.1) is 4.77 Å². The van der Waals surface area contributed by atoms with Gasteiger partial charge in [0, 0.05) is 25.2 Å². The SMILES string of the molecule is COC1(Cn2c(=S)[nH]c3ccc(Cl)cc32)CCOC1. The molecule has 1 atom stereocenters. The predicted octanol–water partition coefficient (Wildman–Crippen LogP) is 3.16. The summed E-state index contributed by atoms with van der Waals surface area (Å²) in [4.78, 5) is 3.19. The van der Waals surface area contributed by atoms with Gasteiger partial charge in [-0.25, -0.2) is 0 Å². The van der Waals surface area contributed by atoms with Gasteiger partial charge in [-0.3, -0.25) is 0 Å². The van der Waals surface area contributed by atoms with Crippen molar-refractivity contribution in [2.45, 2.75) is 18.6 Å². The average molecular weight is 299 g/mol. The van der Waals surface area contributed by atoms with E-state index in [1.807, 2.05) is 22.8 Å². The lowest BCUT2D eigenvalue weighted by Gasteiger charge is -2.26. The molecule has 2 aromatic rings. The van der Waals surface area contributed by atoms with Gasteiger partial charge in [-0.15, -0.1) is 0 Å². The highest BCUT2D eigenvalue weighted by molar-refractivity contribution is 7.71. The van der Waals surface area contributed by atoms with E-state index >= 15 is 0 Å². The molecule has 1 aromatic heterocycles. The van der Waals surface area contributed by atoms with Crippen LogP contribution in [0.4, 0.5) is 0 Å². The third-order valence-electron chi connectivity index (χ3n) is 3.68. The van der Waals surface area contributed by atoms with Crippen molar-refractivity contribution in [2.75, 3.05) is 20.3 Å². The number of rotatable bonds is 3. The van der Waals surface area contributed by atoms with E-state index in [0.717, 1.165) is 24.1 Å². The molecule has 1 aliphatic rings. The Morgan fingerprint density at radius 3 is 3.11 bits per heavy atom. The fourth-order valence-electron chi connectivity index (χ4n) is 2.51. The first-order chi connectivity index (χ1) is 9.13. The number of hydrogen-bond donors (Lipinski definition) is 1. The third kappa shape index (κ3) is 2.31. The maximum Gasteiger partial charge on any atom is 0.178 e. The fraction of sp³-hybridized carbons (Fsp3) is 0.462. The highest BCUT2D eigenvalue weighted by Gasteiger charge is 2.36. The molecule has 1 saturated heterocycles. The summed E-state index contributed by atoms with van der Waals surface area (Å²) in [5.41, 5.74) is 1.69. The van der Waals surface area contributed by atoms with E-state index in [2.05, 4.69) is 4.98 Å². The second-order valence-corrected chi connectivity index (χ2v) is 5.69. The van der Waals surface area contributed by atoms with Gasteiger partial charge >= 0.3 is 0 Å². The topological polar surface area (TPSA) is 39.2 Å². The van der Waals surface area contributed by atoms with E-state index in [0.29, 0.717) is 22.9 Å². The van der Waals surface area contributed by atoms with Gasteiger partial charge in [0.15, 0.2) is 4.77 Å². The number of nitrogens with one attached hydrogen (secondary N) is 1. The number of benzene rings is 1. The number of halogens is 1. The van der Waals surface area contributed by atoms with Crippen molar-refractivity contribution in [1.29, 1.82) is 0 Å². The van der Waals surface area contributed by atoms with E-state index in [9.17, 15) is 0 Å². The Bertz CT molecular complexity index is 658. The number of methoxy groups -OCH3 is 1. The summed E-state index contributed by atoms with van der Waals surface area (Å²) >= 11 is 11.5. The Morgan fingerprint density at radius 1 is 1.58 bits per heavy atom. The first-order valence-corrected chi connectivity index (χ1v) is 6.93. The zero-order valence-electron chi connectivity index (χ0n) is 10.6. The average Bonchev–Trinajstić information content (AvgIpc) is 2.98. The minimum Gasteiger partial charge on any atom is -0.378 e. The van der Waals surface area contributed by atoms with Crippen LogP contribution in [0.25, 0.3) is 11.0 Å². The minimum atomic E-state index is -0.296. The number of aromatic amines is 1. The fourth-order valence-corrected chi connectivity index (χ4v) is 2.95. The molecule has 102 valence electrons. The molecule has 1 fully saturated rings. The molecule has 3 rings (SSSR count). The summed E-state index contributed by atoms with van der Waals surface area (Å²) in [5, 5.41) is 0.699. The standard InChI is InChI=1S/C13H15ClN2O2S/c1-17-13(4-5-18-8-13)7-16-11-6-9(14)2-3-10(11)15-12(16)19/h2-3,6H,4-5,7-8H2,1H3,(H,15,19). The number of H-pyrrole nitrogens is 1. The summed E-state index contributed by atoms with van der Waals surface area (Å²) in [6, 6.07) is 5.71. The van der Waals surface area contributed by atoms with Crippen LogP contribution in [0.2, 0.25) is 5.02 Å². The molecule has 1 N–H and O–H groups in total. The molecule has 0 spiro atoms. The van der Waals surface area contributed by atoms with Crippen LogP contribution in [0.15, 0.2) is 18.2 Å². The van der Waals surface area contributed by atoms with Gasteiger partial charge in [-0.2, -0.15) is 0 Å². The van der Waals surface area contributed by atoms with Gasteiger partial charge < -0.3 is 19.0 Å². The number of imidazole rings is 1. The van der Waals surface area contributed by atoms with E-state index < -0.39 is 0 Å². The lowest BCUT2D eigenvalue weighted by molar-refractivity contribution is -0.0290. The van der Waals surface area contributed by atoms with Gasteiger partial charge in [0.25, 0.3) is 0 Å². The molecule has 0 bridgehead atoms. The monoisotopic (exact) mass is 298 g/mol. The molecule has 1 aliphatic heterocycles. The minimum absolute atomic E-state index is 0.296. The van der Waals surface area contributed by atoms with E-state index in [4.69, 9.17) is 33.3 Å². The van der Waals surface area contributed by atoms with Crippen molar-refractivity contribution in [2.24, 2.45) is 0 Å². The smallest absolute Gasteiger partial charge is 0.178 e. The van der Waals surface area contributed by atoms with Crippen LogP contribution in [-0.4, -0.2) is 35.5 Å². The summed E-state index contributed by atoms with van der Waals surface area (Å²) < 4.78 is 13.9. The summed E-state index contributed by atoms with van der Waals surface area (Å²) in [5.74, 6) is 0. The zero-order chi connectivity index (χ0) is 13.5. The number of nitrogens with zero attached hydrogens (tertiary/aromatic N) is 1. The van der Waals surface area contributed by atoms with Gasteiger partial charge in [0.1, 0.15) is 5.60 Å². The van der Waals surface area contributed by atoms with E-state index in [1.165, 1.54) is 0 Å². The Kier molecular flexibility index (Phi) is 3.39. The second-order valence-electron chi connectivity index (χ2n) is 4.87. The molecule has 2 heterocycles. The molecule has 0 aliphatic carbocycles. The van der Waals surface area contributed by atoms with Crippen LogP contribution in [0.1, 0.15) is 6.42 Å². The van der Waals surface area contributed by atoms with Crippen LogP contribution < -0.4 is 0 Å². The summed E-state index contributed by atoms with van der Waals surface area (Å²) in [6.07, 6.45) is 0.874. The van der Waals surface area contributed by atoms with Crippen molar-refractivity contribution >= 4 is 34.9 Å². The molecule has 0 saturated carbocycles. The van der Waals surface area contributed by atoms with E-state index in [-0.39, 0.29) is 5.60 Å². The highest BCUT2D eigenvalue weighted by atomic mass is 35.5. The first-order valence-electron chi connectivity index (χ1n) is 6.14. The van der Waals surface area contributed by atoms with Gasteiger partial charge in [0.05, 0.1) is 24.2 Å². The van der Waals surface area contributed by atoms with Gasteiger partial charge in [-0.1, -0.05) is 11.6 Å². The Balaban J connectivity index is 2.07. The number of fused-ring (bicyclic) bond motifs is 1. The van der Waals surface area contributed by atoms with Crippen molar-refractivity contribution in [1.82, 2.24) is 9.55 Å². The van der Waals surface area contributed by atoms with Gasteiger partial charge in [0.2, 0.25) is 0 Å². The van der Waals surface area contributed by atoms with Crippen LogP contribution in [-0.2, 0) is 16.0 Å². The summed E-state index contributed by atoms with van der Waals surface area (Å²) in [7, 11) is 1.72. The Hall–Kier alpha value is -0.880. The Labute approximate surface area is 121 Å². The molecular formula is C13H15ClN2O2S. The molecule has 1 aromatic carbocycles. The lowest BCUT2D eigenvalue weighted by Crippen LogP contribution is -2.37. The molecule has 19 heavy (non-hydrogen) atoms. The maximum atomic E-state index is 6.07. The predicted molar refractivity (Wildman–Crippen MR) is 77.3 cm³/mol. The summed E-state index contributed by atoms with van der Waals surface area (Å²) in [6.45, 7) is 1.99. The Morgan fingerprint density at radius 2 is 2.42 bits per heavy atom. The molecule has 4 nitrogen and oxygen atoms in total. The molecule has 0 amide bonds.